The Labute approximate surface area is 161 Å². The van der Waals surface area contributed by atoms with E-state index >= 15 is 0 Å². The number of rotatable bonds is 7. The van der Waals surface area contributed by atoms with E-state index in [4.69, 9.17) is 34.4 Å². The smallest absolute Gasteiger partial charge is 0.310 e. The second-order valence-corrected chi connectivity index (χ2v) is 7.79. The summed E-state index contributed by atoms with van der Waals surface area (Å²) in [6.45, 7) is 10.2. The van der Waals surface area contributed by atoms with Crippen molar-refractivity contribution < 1.29 is 9.53 Å². The topological polar surface area (TPSA) is 26.3 Å². The number of allylic oxidation sites excluding steroid dienone is 1. The molecule has 1 aromatic rings. The van der Waals surface area contributed by atoms with Gasteiger partial charge in [-0.3, -0.25) is 4.79 Å². The molecule has 136 valence electrons. The van der Waals surface area contributed by atoms with Crippen LogP contribution in [0.3, 0.4) is 0 Å². The zero-order chi connectivity index (χ0) is 19.1. The SMILES string of the molecule is C#CCc1cc(C)c(COC(=O)C(C(C)C)C(C)C=C(Cl)Cl)c(C)c1. The first-order valence-electron chi connectivity index (χ1n) is 8.39. The Bertz CT molecular complexity index is 657. The Morgan fingerprint density at radius 2 is 1.80 bits per heavy atom. The Morgan fingerprint density at radius 3 is 2.24 bits per heavy atom. The third kappa shape index (κ3) is 6.42. The minimum absolute atomic E-state index is 0.0994. The average Bonchev–Trinajstić information content (AvgIpc) is 2.45. The number of hydrogen-bond acceptors (Lipinski definition) is 2. The molecule has 0 amide bonds. The van der Waals surface area contributed by atoms with E-state index in [9.17, 15) is 4.79 Å². The molecular weight excluding hydrogens is 355 g/mol. The fourth-order valence-corrected chi connectivity index (χ4v) is 3.56. The number of hydrogen-bond donors (Lipinski definition) is 0. The van der Waals surface area contributed by atoms with Crippen LogP contribution in [-0.4, -0.2) is 5.97 Å². The average molecular weight is 381 g/mol. The molecule has 4 heteroatoms. The molecule has 2 unspecified atom stereocenters. The Morgan fingerprint density at radius 1 is 1.24 bits per heavy atom. The molecule has 1 aromatic carbocycles. The summed E-state index contributed by atoms with van der Waals surface area (Å²) in [7, 11) is 0. The van der Waals surface area contributed by atoms with Gasteiger partial charge in [0.25, 0.3) is 0 Å². The lowest BCUT2D eigenvalue weighted by Gasteiger charge is -2.24. The number of terminal acetylenes is 1. The van der Waals surface area contributed by atoms with Gasteiger partial charge in [-0.25, -0.2) is 0 Å². The molecule has 2 atom stereocenters. The van der Waals surface area contributed by atoms with Crippen LogP contribution in [0.15, 0.2) is 22.7 Å². The number of carbonyl (C=O) groups is 1. The highest BCUT2D eigenvalue weighted by molar-refractivity contribution is 6.55. The van der Waals surface area contributed by atoms with Gasteiger partial charge in [0.1, 0.15) is 11.1 Å². The largest absolute Gasteiger partial charge is 0.461 e. The van der Waals surface area contributed by atoms with Crippen LogP contribution in [0, 0.1) is 43.9 Å². The number of aryl methyl sites for hydroxylation is 2. The van der Waals surface area contributed by atoms with Crippen molar-refractivity contribution >= 4 is 29.2 Å². The fraction of sp³-hybridized carbons (Fsp3) is 0.476. The summed E-state index contributed by atoms with van der Waals surface area (Å²) in [5.41, 5.74) is 4.28. The normalized spacial score (nSPS) is 13.1. The third-order valence-corrected chi connectivity index (χ3v) is 4.62. The number of ether oxygens (including phenoxy) is 1. The van der Waals surface area contributed by atoms with E-state index in [1.807, 2.05) is 34.6 Å². The van der Waals surface area contributed by atoms with Crippen molar-refractivity contribution in [2.75, 3.05) is 0 Å². The summed E-state index contributed by atoms with van der Waals surface area (Å²) >= 11 is 11.5. The molecule has 0 bridgehead atoms. The summed E-state index contributed by atoms with van der Waals surface area (Å²) in [6.07, 6.45) is 7.66. The summed E-state index contributed by atoms with van der Waals surface area (Å²) in [4.78, 5) is 12.6. The first-order chi connectivity index (χ1) is 11.7. The van der Waals surface area contributed by atoms with Crippen LogP contribution in [0.5, 0.6) is 0 Å². The molecule has 0 aliphatic heterocycles. The quantitative estimate of drug-likeness (QED) is 0.444. The van der Waals surface area contributed by atoms with Crippen molar-refractivity contribution in [2.24, 2.45) is 17.8 Å². The summed E-state index contributed by atoms with van der Waals surface area (Å²) in [5.74, 6) is 2.14. The van der Waals surface area contributed by atoms with Crippen molar-refractivity contribution in [1.82, 2.24) is 0 Å². The molecule has 0 heterocycles. The first kappa shape index (κ1) is 21.6. The molecule has 0 aliphatic rings. The minimum Gasteiger partial charge on any atom is -0.461 e. The number of halogens is 2. The molecule has 1 rings (SSSR count). The van der Waals surface area contributed by atoms with Gasteiger partial charge in [0.15, 0.2) is 0 Å². The Kier molecular flexibility index (Phi) is 8.56. The lowest BCUT2D eigenvalue weighted by molar-refractivity contribution is -0.152. The van der Waals surface area contributed by atoms with Crippen LogP contribution in [0.25, 0.3) is 0 Å². The highest BCUT2D eigenvalue weighted by Crippen LogP contribution is 2.27. The molecule has 0 aromatic heterocycles. The second-order valence-electron chi connectivity index (χ2n) is 6.78. The van der Waals surface area contributed by atoms with Crippen LogP contribution in [0.1, 0.15) is 43.0 Å². The van der Waals surface area contributed by atoms with E-state index in [0.29, 0.717) is 6.42 Å². The van der Waals surface area contributed by atoms with Crippen molar-refractivity contribution in [3.05, 3.63) is 45.0 Å². The highest BCUT2D eigenvalue weighted by Gasteiger charge is 2.29. The number of benzene rings is 1. The van der Waals surface area contributed by atoms with Crippen molar-refractivity contribution in [3.8, 4) is 12.3 Å². The highest BCUT2D eigenvalue weighted by atomic mass is 35.5. The molecule has 25 heavy (non-hydrogen) atoms. The van der Waals surface area contributed by atoms with E-state index in [2.05, 4.69) is 18.1 Å². The lowest BCUT2D eigenvalue weighted by atomic mass is 9.84. The van der Waals surface area contributed by atoms with Crippen LogP contribution < -0.4 is 0 Å². The predicted octanol–water partition coefficient (Wildman–Crippen LogP) is 5.75. The molecule has 0 saturated heterocycles. The molecule has 0 fully saturated rings. The van der Waals surface area contributed by atoms with E-state index < -0.39 is 0 Å². The van der Waals surface area contributed by atoms with Crippen LogP contribution in [0.4, 0.5) is 0 Å². The maximum atomic E-state index is 12.6. The summed E-state index contributed by atoms with van der Waals surface area (Å²) in [6, 6.07) is 4.10. The van der Waals surface area contributed by atoms with Crippen molar-refractivity contribution in [3.63, 3.8) is 0 Å². The third-order valence-electron chi connectivity index (χ3n) is 4.37. The zero-order valence-electron chi connectivity index (χ0n) is 15.5. The maximum absolute atomic E-state index is 12.6. The zero-order valence-corrected chi connectivity index (χ0v) is 17.0. The molecule has 0 aliphatic carbocycles. The van der Waals surface area contributed by atoms with Crippen molar-refractivity contribution in [1.29, 1.82) is 0 Å². The van der Waals surface area contributed by atoms with Gasteiger partial charge in [0.05, 0.1) is 5.92 Å². The summed E-state index contributed by atoms with van der Waals surface area (Å²) in [5, 5.41) is 0. The van der Waals surface area contributed by atoms with Gasteiger partial charge < -0.3 is 4.74 Å². The molecule has 2 nitrogen and oxygen atoms in total. The Hall–Kier alpha value is -1.43. The number of carbonyl (C=O) groups excluding carboxylic acids is 1. The van der Waals surface area contributed by atoms with E-state index in [0.717, 1.165) is 22.3 Å². The molecule has 0 radical (unpaired) electrons. The van der Waals surface area contributed by atoms with E-state index in [1.54, 1.807) is 6.08 Å². The second kappa shape index (κ2) is 9.90. The summed E-state index contributed by atoms with van der Waals surface area (Å²) < 4.78 is 5.79. The fourth-order valence-electron chi connectivity index (χ4n) is 3.17. The van der Waals surface area contributed by atoms with Gasteiger partial charge in [-0.2, -0.15) is 0 Å². The Balaban J connectivity index is 2.90. The predicted molar refractivity (Wildman–Crippen MR) is 106 cm³/mol. The van der Waals surface area contributed by atoms with Crippen LogP contribution >= 0.6 is 23.2 Å². The van der Waals surface area contributed by atoms with Crippen LogP contribution in [-0.2, 0) is 22.6 Å². The standard InChI is InChI=1S/C21H26Cl2O2/c1-7-8-17-9-14(4)18(15(5)10-17)12-25-21(24)20(13(2)3)16(6)11-19(22)23/h1,9-11,13,16,20H,8,12H2,2-6H3. The van der Waals surface area contributed by atoms with Gasteiger partial charge in [0.2, 0.25) is 0 Å². The lowest BCUT2D eigenvalue weighted by Crippen LogP contribution is -2.28. The van der Waals surface area contributed by atoms with Gasteiger partial charge >= 0.3 is 5.97 Å². The molecule has 0 N–H and O–H groups in total. The van der Waals surface area contributed by atoms with E-state index in [1.165, 1.54) is 0 Å². The first-order valence-corrected chi connectivity index (χ1v) is 9.14. The molecule has 0 spiro atoms. The van der Waals surface area contributed by atoms with Crippen LogP contribution in [0.2, 0.25) is 0 Å². The monoisotopic (exact) mass is 380 g/mol. The minimum atomic E-state index is -0.297. The van der Waals surface area contributed by atoms with Crippen molar-refractivity contribution in [2.45, 2.75) is 47.6 Å². The molecular formula is C21H26Cl2O2. The van der Waals surface area contributed by atoms with Gasteiger partial charge in [-0.1, -0.05) is 62.2 Å². The maximum Gasteiger partial charge on any atom is 0.310 e. The van der Waals surface area contributed by atoms with Gasteiger partial charge in [0, 0.05) is 6.42 Å². The van der Waals surface area contributed by atoms with Gasteiger partial charge in [-0.05, 0) is 47.9 Å². The van der Waals surface area contributed by atoms with E-state index in [-0.39, 0.29) is 34.8 Å². The number of esters is 1. The molecule has 0 saturated carbocycles. The van der Waals surface area contributed by atoms with Gasteiger partial charge in [-0.15, -0.1) is 12.3 Å².